The number of carbonyl (C=O) groups excluding carboxylic acids is 1. The molecule has 0 saturated carbocycles. The predicted molar refractivity (Wildman–Crippen MR) is 128 cm³/mol. The fourth-order valence-electron chi connectivity index (χ4n) is 3.16. The number of rotatable bonds is 9. The van der Waals surface area contributed by atoms with Crippen molar-refractivity contribution in [1.29, 1.82) is 5.26 Å². The standard InChI is InChI=1S/C25H25N3O4S/c1-3-32-23-12-14-24(15-13-23)33(30,31)28(22-10-4-19(2)5-11-22)18-25(29)27-21-8-6-20(7-9-21)16-17-26/h4-15H,3,16,18H2,1-2H3,(H,27,29). The summed E-state index contributed by atoms with van der Waals surface area (Å²) >= 11 is 0. The summed E-state index contributed by atoms with van der Waals surface area (Å²) in [7, 11) is -4.02. The van der Waals surface area contributed by atoms with Crippen molar-refractivity contribution in [3.8, 4) is 11.8 Å². The van der Waals surface area contributed by atoms with Gasteiger partial charge in [-0.05, 0) is 67.9 Å². The number of amides is 1. The summed E-state index contributed by atoms with van der Waals surface area (Å²) < 4.78 is 33.4. The molecule has 3 aromatic carbocycles. The van der Waals surface area contributed by atoms with Crippen LogP contribution in [0.15, 0.2) is 77.7 Å². The van der Waals surface area contributed by atoms with Crippen LogP contribution >= 0.6 is 0 Å². The SMILES string of the molecule is CCOc1ccc(S(=O)(=O)N(CC(=O)Nc2ccc(CC#N)cc2)c2ccc(C)cc2)cc1. The molecule has 0 spiro atoms. The minimum atomic E-state index is -4.02. The van der Waals surface area contributed by atoms with Gasteiger partial charge in [-0.3, -0.25) is 9.10 Å². The molecule has 0 fully saturated rings. The maximum Gasteiger partial charge on any atom is 0.264 e. The number of aryl methyl sites for hydroxylation is 1. The lowest BCUT2D eigenvalue weighted by atomic mass is 10.1. The van der Waals surface area contributed by atoms with E-state index < -0.39 is 22.5 Å². The Morgan fingerprint density at radius 2 is 1.64 bits per heavy atom. The Hall–Kier alpha value is -3.83. The van der Waals surface area contributed by atoms with Crippen LogP contribution in [0, 0.1) is 18.3 Å². The van der Waals surface area contributed by atoms with E-state index in [1.54, 1.807) is 60.7 Å². The van der Waals surface area contributed by atoms with Gasteiger partial charge in [-0.25, -0.2) is 8.42 Å². The average molecular weight is 464 g/mol. The highest BCUT2D eigenvalue weighted by atomic mass is 32.2. The molecule has 0 bridgehead atoms. The molecule has 33 heavy (non-hydrogen) atoms. The number of carbonyl (C=O) groups is 1. The molecule has 0 heterocycles. The lowest BCUT2D eigenvalue weighted by molar-refractivity contribution is -0.114. The number of ether oxygens (including phenoxy) is 1. The molecule has 0 saturated heterocycles. The molecule has 0 aliphatic rings. The lowest BCUT2D eigenvalue weighted by Crippen LogP contribution is -2.38. The van der Waals surface area contributed by atoms with Gasteiger partial charge >= 0.3 is 0 Å². The van der Waals surface area contributed by atoms with Crippen LogP contribution in [0.2, 0.25) is 0 Å². The number of nitrogens with one attached hydrogen (secondary N) is 1. The molecule has 1 amide bonds. The monoisotopic (exact) mass is 463 g/mol. The van der Waals surface area contributed by atoms with E-state index >= 15 is 0 Å². The van der Waals surface area contributed by atoms with Crippen molar-refractivity contribution in [2.75, 3.05) is 22.8 Å². The topological polar surface area (TPSA) is 99.5 Å². The van der Waals surface area contributed by atoms with E-state index in [0.29, 0.717) is 23.7 Å². The number of sulfonamides is 1. The first-order chi connectivity index (χ1) is 15.8. The molecule has 170 valence electrons. The minimum Gasteiger partial charge on any atom is -0.494 e. The van der Waals surface area contributed by atoms with Crippen LogP contribution in [0.3, 0.4) is 0 Å². The van der Waals surface area contributed by atoms with Gasteiger partial charge in [0.2, 0.25) is 5.91 Å². The smallest absolute Gasteiger partial charge is 0.264 e. The first kappa shape index (κ1) is 23.8. The number of hydrogen-bond donors (Lipinski definition) is 1. The van der Waals surface area contributed by atoms with Crippen molar-refractivity contribution in [1.82, 2.24) is 0 Å². The summed E-state index contributed by atoms with van der Waals surface area (Å²) in [6.45, 7) is 3.81. The van der Waals surface area contributed by atoms with Crippen molar-refractivity contribution in [2.24, 2.45) is 0 Å². The van der Waals surface area contributed by atoms with Gasteiger partial charge in [0.25, 0.3) is 10.0 Å². The molecule has 0 unspecified atom stereocenters. The van der Waals surface area contributed by atoms with Crippen LogP contribution in [-0.2, 0) is 21.2 Å². The van der Waals surface area contributed by atoms with E-state index in [0.717, 1.165) is 15.4 Å². The van der Waals surface area contributed by atoms with E-state index in [2.05, 4.69) is 11.4 Å². The van der Waals surface area contributed by atoms with Crippen molar-refractivity contribution >= 4 is 27.3 Å². The number of anilines is 2. The van der Waals surface area contributed by atoms with E-state index in [1.165, 1.54) is 12.1 Å². The van der Waals surface area contributed by atoms with Crippen LogP contribution in [0.4, 0.5) is 11.4 Å². The van der Waals surface area contributed by atoms with Gasteiger partial charge in [0.05, 0.1) is 29.7 Å². The lowest BCUT2D eigenvalue weighted by Gasteiger charge is -2.24. The molecule has 3 rings (SSSR count). The normalized spacial score (nSPS) is 10.8. The molecule has 0 atom stereocenters. The van der Waals surface area contributed by atoms with Crippen LogP contribution in [0.25, 0.3) is 0 Å². The van der Waals surface area contributed by atoms with Gasteiger partial charge in [0.15, 0.2) is 0 Å². The highest BCUT2D eigenvalue weighted by Gasteiger charge is 2.27. The fourth-order valence-corrected chi connectivity index (χ4v) is 4.58. The molecule has 3 aromatic rings. The summed E-state index contributed by atoms with van der Waals surface area (Å²) in [5, 5.41) is 11.5. The van der Waals surface area contributed by atoms with Crippen molar-refractivity contribution in [3.63, 3.8) is 0 Å². The molecule has 0 radical (unpaired) electrons. The number of nitriles is 1. The molecule has 0 aliphatic heterocycles. The zero-order chi connectivity index (χ0) is 23.8. The summed E-state index contributed by atoms with van der Waals surface area (Å²) in [5.74, 6) is 0.0778. The second-order valence-electron chi connectivity index (χ2n) is 7.33. The maximum absolute atomic E-state index is 13.5. The quantitative estimate of drug-likeness (QED) is 0.510. The van der Waals surface area contributed by atoms with Crippen molar-refractivity contribution in [2.45, 2.75) is 25.2 Å². The minimum absolute atomic E-state index is 0.0557. The highest BCUT2D eigenvalue weighted by molar-refractivity contribution is 7.92. The fraction of sp³-hybridized carbons (Fsp3) is 0.200. The first-order valence-electron chi connectivity index (χ1n) is 10.4. The van der Waals surface area contributed by atoms with Gasteiger partial charge in [-0.15, -0.1) is 0 Å². The summed E-state index contributed by atoms with van der Waals surface area (Å²) in [5.41, 5.74) is 2.70. The molecule has 7 nitrogen and oxygen atoms in total. The second kappa shape index (κ2) is 10.7. The van der Waals surface area contributed by atoms with Gasteiger partial charge in [-0.2, -0.15) is 5.26 Å². The highest BCUT2D eigenvalue weighted by Crippen LogP contribution is 2.26. The number of nitrogens with zero attached hydrogens (tertiary/aromatic N) is 2. The third-order valence-corrected chi connectivity index (χ3v) is 6.64. The van der Waals surface area contributed by atoms with E-state index in [4.69, 9.17) is 10.00 Å². The van der Waals surface area contributed by atoms with E-state index in [-0.39, 0.29) is 11.3 Å². The molecule has 1 N–H and O–H groups in total. The number of hydrogen-bond acceptors (Lipinski definition) is 5. The maximum atomic E-state index is 13.5. The number of benzene rings is 3. The van der Waals surface area contributed by atoms with Crippen LogP contribution in [0.1, 0.15) is 18.1 Å². The molecule has 0 aliphatic carbocycles. The Morgan fingerprint density at radius 1 is 1.00 bits per heavy atom. The molecule has 0 aromatic heterocycles. The summed E-state index contributed by atoms with van der Waals surface area (Å²) in [4.78, 5) is 12.9. The first-order valence-corrected chi connectivity index (χ1v) is 11.9. The molecule has 8 heteroatoms. The summed E-state index contributed by atoms with van der Waals surface area (Å²) in [6.07, 6.45) is 0.274. The van der Waals surface area contributed by atoms with Gasteiger partial charge in [0.1, 0.15) is 12.3 Å². The Bertz CT molecular complexity index is 1230. The summed E-state index contributed by atoms with van der Waals surface area (Å²) in [6, 6.07) is 22.0. The Labute approximate surface area is 194 Å². The van der Waals surface area contributed by atoms with E-state index in [1.807, 2.05) is 13.8 Å². The Kier molecular flexibility index (Phi) is 7.70. The van der Waals surface area contributed by atoms with Crippen molar-refractivity contribution < 1.29 is 17.9 Å². The van der Waals surface area contributed by atoms with Crippen LogP contribution in [-0.4, -0.2) is 27.5 Å². The Morgan fingerprint density at radius 3 is 2.21 bits per heavy atom. The second-order valence-corrected chi connectivity index (χ2v) is 9.19. The van der Waals surface area contributed by atoms with Gasteiger partial charge in [0, 0.05) is 5.69 Å². The van der Waals surface area contributed by atoms with Crippen LogP contribution in [0.5, 0.6) is 5.75 Å². The van der Waals surface area contributed by atoms with E-state index in [9.17, 15) is 13.2 Å². The molecular formula is C25H25N3O4S. The molecular weight excluding hydrogens is 438 g/mol. The third-order valence-electron chi connectivity index (χ3n) is 4.85. The third kappa shape index (κ3) is 6.11. The van der Waals surface area contributed by atoms with Crippen LogP contribution < -0.4 is 14.4 Å². The zero-order valence-electron chi connectivity index (χ0n) is 18.5. The van der Waals surface area contributed by atoms with Crippen molar-refractivity contribution in [3.05, 3.63) is 83.9 Å². The zero-order valence-corrected chi connectivity index (χ0v) is 19.3. The predicted octanol–water partition coefficient (Wildman–Crippen LogP) is 4.29. The van der Waals surface area contributed by atoms with Gasteiger partial charge < -0.3 is 10.1 Å². The Balaban J connectivity index is 1.87. The van der Waals surface area contributed by atoms with Gasteiger partial charge in [-0.1, -0.05) is 29.8 Å². The largest absolute Gasteiger partial charge is 0.494 e. The average Bonchev–Trinajstić information content (AvgIpc) is 2.80.